The number of fused-ring (bicyclic) bond motifs is 3. The second-order valence-electron chi connectivity index (χ2n) is 12.0. The van der Waals surface area contributed by atoms with E-state index in [4.69, 9.17) is 15.0 Å². The first-order valence-corrected chi connectivity index (χ1v) is 16.2. The van der Waals surface area contributed by atoms with Crippen LogP contribution in [0.4, 0.5) is 0 Å². The number of nitrogens with zero attached hydrogens (tertiary/aromatic N) is 3. The molecule has 9 aromatic rings. The molecule has 0 aliphatic heterocycles. The van der Waals surface area contributed by atoms with Gasteiger partial charge in [-0.25, -0.2) is 15.0 Å². The van der Waals surface area contributed by atoms with E-state index in [1.807, 2.05) is 24.3 Å². The van der Waals surface area contributed by atoms with E-state index in [-0.39, 0.29) is 0 Å². The second kappa shape index (κ2) is 11.7. The van der Waals surface area contributed by atoms with Gasteiger partial charge in [0, 0.05) is 16.7 Å². The Hall–Kier alpha value is -6.45. The first kappa shape index (κ1) is 27.8. The van der Waals surface area contributed by atoms with Crippen molar-refractivity contribution >= 4 is 32.3 Å². The van der Waals surface area contributed by atoms with Crippen LogP contribution >= 0.6 is 0 Å². The van der Waals surface area contributed by atoms with Crippen LogP contribution in [0.15, 0.2) is 176 Å². The lowest BCUT2D eigenvalue weighted by Gasteiger charge is -2.13. The quantitative estimate of drug-likeness (QED) is 0.194. The average Bonchev–Trinajstić information content (AvgIpc) is 3.17. The smallest absolute Gasteiger partial charge is 0.164 e. The maximum Gasteiger partial charge on any atom is 0.164 e. The highest BCUT2D eigenvalue weighted by Crippen LogP contribution is 2.37. The fourth-order valence-corrected chi connectivity index (χ4v) is 6.73. The number of rotatable bonds is 5. The molecule has 1 aromatic heterocycles. The summed E-state index contributed by atoms with van der Waals surface area (Å²) in [6, 6.07) is 61.7. The van der Waals surface area contributed by atoms with Crippen molar-refractivity contribution in [2.45, 2.75) is 0 Å². The third kappa shape index (κ3) is 4.99. The molecule has 0 amide bonds. The molecule has 8 aromatic carbocycles. The fourth-order valence-electron chi connectivity index (χ4n) is 6.73. The minimum atomic E-state index is 0.643. The molecule has 0 bridgehead atoms. The van der Waals surface area contributed by atoms with Crippen LogP contribution in [0.2, 0.25) is 0 Å². The minimum absolute atomic E-state index is 0.643. The van der Waals surface area contributed by atoms with Crippen molar-refractivity contribution in [1.29, 1.82) is 0 Å². The van der Waals surface area contributed by atoms with Crippen molar-refractivity contribution in [3.63, 3.8) is 0 Å². The zero-order chi connectivity index (χ0) is 31.9. The Morgan fingerprint density at radius 2 is 0.708 bits per heavy atom. The Balaban J connectivity index is 1.25. The van der Waals surface area contributed by atoms with Crippen molar-refractivity contribution in [1.82, 2.24) is 15.0 Å². The maximum absolute atomic E-state index is 5.19. The normalized spacial score (nSPS) is 11.3. The highest BCUT2D eigenvalue weighted by Gasteiger charge is 2.16. The summed E-state index contributed by atoms with van der Waals surface area (Å²) in [6.45, 7) is 0. The Bertz CT molecular complexity index is 2600. The van der Waals surface area contributed by atoms with Crippen LogP contribution in [0.3, 0.4) is 0 Å². The largest absolute Gasteiger partial charge is 0.208 e. The van der Waals surface area contributed by atoms with Crippen LogP contribution in [0.25, 0.3) is 88.7 Å². The highest BCUT2D eigenvalue weighted by atomic mass is 15.0. The molecule has 0 radical (unpaired) electrons. The predicted molar refractivity (Wildman–Crippen MR) is 200 cm³/mol. The zero-order valence-corrected chi connectivity index (χ0v) is 26.1. The monoisotopic (exact) mass is 611 g/mol. The van der Waals surface area contributed by atoms with Gasteiger partial charge in [0.25, 0.3) is 0 Å². The Morgan fingerprint density at radius 1 is 0.250 bits per heavy atom. The lowest BCUT2D eigenvalue weighted by molar-refractivity contribution is 1.08. The molecule has 0 atom stereocenters. The SMILES string of the molecule is c1ccc(-c2ccc3cccc(-c4nc(-c5ccccc5)nc(-c5ccc6cccc(-c7cccc8ccccc78)c6c5)n4)c3c2)cc1. The molecule has 3 nitrogen and oxygen atoms in total. The van der Waals surface area contributed by atoms with Gasteiger partial charge in [-0.1, -0.05) is 164 Å². The third-order valence-electron chi connectivity index (χ3n) is 9.12. The standard InChI is InChI=1S/C45H29N3/c1-3-12-30(13-4-1)35-26-24-33-19-11-23-40(42(33)28-35)45-47-43(34-15-5-2-6-16-34)46-44(48-45)36-27-25-32-18-10-22-39(41(32)29-36)38-21-9-17-31-14-7-8-20-37(31)38/h1-29H. The molecule has 0 N–H and O–H groups in total. The Labute approximate surface area is 278 Å². The van der Waals surface area contributed by atoms with Gasteiger partial charge in [0.15, 0.2) is 17.5 Å². The topological polar surface area (TPSA) is 38.7 Å². The van der Waals surface area contributed by atoms with Gasteiger partial charge in [0.1, 0.15) is 0 Å². The molecule has 0 saturated carbocycles. The molecular formula is C45H29N3. The summed E-state index contributed by atoms with van der Waals surface area (Å²) in [5, 5.41) is 7.03. The average molecular weight is 612 g/mol. The Kier molecular flexibility index (Phi) is 6.80. The number of aromatic nitrogens is 3. The van der Waals surface area contributed by atoms with Crippen molar-refractivity contribution in [2.75, 3.05) is 0 Å². The zero-order valence-electron chi connectivity index (χ0n) is 26.1. The molecule has 9 rings (SSSR count). The summed E-state index contributed by atoms with van der Waals surface area (Å²) in [5.41, 5.74) is 7.60. The first-order chi connectivity index (χ1) is 23.8. The lowest BCUT2D eigenvalue weighted by Crippen LogP contribution is -2.00. The van der Waals surface area contributed by atoms with E-state index < -0.39 is 0 Å². The van der Waals surface area contributed by atoms with E-state index in [0.717, 1.165) is 38.4 Å². The second-order valence-corrected chi connectivity index (χ2v) is 12.0. The predicted octanol–water partition coefficient (Wildman–Crippen LogP) is 11.7. The molecule has 224 valence electrons. The Morgan fingerprint density at radius 3 is 1.42 bits per heavy atom. The molecule has 3 heteroatoms. The van der Waals surface area contributed by atoms with E-state index in [9.17, 15) is 0 Å². The van der Waals surface area contributed by atoms with Gasteiger partial charge in [-0.3, -0.25) is 0 Å². The van der Waals surface area contributed by atoms with Crippen LogP contribution in [0.1, 0.15) is 0 Å². The van der Waals surface area contributed by atoms with Crippen LogP contribution in [0.5, 0.6) is 0 Å². The lowest BCUT2D eigenvalue weighted by atomic mass is 9.93. The van der Waals surface area contributed by atoms with E-state index in [1.165, 1.54) is 32.8 Å². The van der Waals surface area contributed by atoms with Crippen LogP contribution < -0.4 is 0 Å². The highest BCUT2D eigenvalue weighted by molar-refractivity contribution is 6.06. The molecule has 0 spiro atoms. The van der Waals surface area contributed by atoms with Gasteiger partial charge >= 0.3 is 0 Å². The number of hydrogen-bond donors (Lipinski definition) is 0. The van der Waals surface area contributed by atoms with E-state index in [2.05, 4.69) is 152 Å². The van der Waals surface area contributed by atoms with Crippen LogP contribution in [0, 0.1) is 0 Å². The molecule has 0 fully saturated rings. The summed E-state index contributed by atoms with van der Waals surface area (Å²) in [4.78, 5) is 15.4. The van der Waals surface area contributed by atoms with E-state index >= 15 is 0 Å². The molecule has 0 saturated heterocycles. The maximum atomic E-state index is 5.19. The van der Waals surface area contributed by atoms with Crippen molar-refractivity contribution in [3.05, 3.63) is 176 Å². The fraction of sp³-hybridized carbons (Fsp3) is 0. The molecule has 0 aliphatic rings. The summed E-state index contributed by atoms with van der Waals surface area (Å²) in [7, 11) is 0. The van der Waals surface area contributed by atoms with Gasteiger partial charge in [-0.15, -0.1) is 0 Å². The molecule has 0 aliphatic carbocycles. The number of benzene rings is 8. The van der Waals surface area contributed by atoms with Crippen LogP contribution in [-0.2, 0) is 0 Å². The number of hydrogen-bond acceptors (Lipinski definition) is 3. The molecule has 1 heterocycles. The van der Waals surface area contributed by atoms with Crippen LogP contribution in [-0.4, -0.2) is 15.0 Å². The van der Waals surface area contributed by atoms with E-state index in [0.29, 0.717) is 17.5 Å². The third-order valence-corrected chi connectivity index (χ3v) is 9.12. The van der Waals surface area contributed by atoms with Gasteiger partial charge in [0.05, 0.1) is 0 Å². The molecule has 48 heavy (non-hydrogen) atoms. The summed E-state index contributed by atoms with van der Waals surface area (Å²) >= 11 is 0. The van der Waals surface area contributed by atoms with Gasteiger partial charge in [-0.05, 0) is 66.7 Å². The van der Waals surface area contributed by atoms with Crippen molar-refractivity contribution in [3.8, 4) is 56.4 Å². The van der Waals surface area contributed by atoms with Crippen molar-refractivity contribution < 1.29 is 0 Å². The van der Waals surface area contributed by atoms with E-state index in [1.54, 1.807) is 0 Å². The molecular weight excluding hydrogens is 583 g/mol. The summed E-state index contributed by atoms with van der Waals surface area (Å²) in [6.07, 6.45) is 0. The first-order valence-electron chi connectivity index (χ1n) is 16.2. The molecule has 0 unspecified atom stereocenters. The van der Waals surface area contributed by atoms with Crippen molar-refractivity contribution in [2.24, 2.45) is 0 Å². The summed E-state index contributed by atoms with van der Waals surface area (Å²) in [5.74, 6) is 1.94. The van der Waals surface area contributed by atoms with Gasteiger partial charge in [-0.2, -0.15) is 0 Å². The summed E-state index contributed by atoms with van der Waals surface area (Å²) < 4.78 is 0. The van der Waals surface area contributed by atoms with Gasteiger partial charge < -0.3 is 0 Å². The minimum Gasteiger partial charge on any atom is -0.208 e. The van der Waals surface area contributed by atoms with Gasteiger partial charge in [0.2, 0.25) is 0 Å².